The van der Waals surface area contributed by atoms with E-state index in [1.165, 1.54) is 76.8 Å². The molecule has 0 bridgehead atoms. The van der Waals surface area contributed by atoms with Gasteiger partial charge in [-0.2, -0.15) is 0 Å². The molecule has 1 aliphatic rings. The SMILES string of the molecule is CC1(C)c2ccccc2-c2c1cc(-c1c3ccccc3c(-c3ccccc3)c3ccccc13)c1ccccc21. The van der Waals surface area contributed by atoms with Gasteiger partial charge in [-0.3, -0.25) is 0 Å². The molecule has 0 saturated heterocycles. The molecule has 1 aliphatic carbocycles. The van der Waals surface area contributed by atoms with E-state index in [-0.39, 0.29) is 5.41 Å². The van der Waals surface area contributed by atoms with Crippen molar-refractivity contribution < 1.29 is 0 Å². The fourth-order valence-electron chi connectivity index (χ4n) is 7.09. The van der Waals surface area contributed by atoms with Crippen molar-refractivity contribution in [3.63, 3.8) is 0 Å². The van der Waals surface area contributed by atoms with Gasteiger partial charge >= 0.3 is 0 Å². The van der Waals surface area contributed by atoms with Gasteiger partial charge in [0, 0.05) is 5.41 Å². The van der Waals surface area contributed by atoms with E-state index in [0.717, 1.165) is 0 Å². The fourth-order valence-corrected chi connectivity index (χ4v) is 7.09. The van der Waals surface area contributed by atoms with Gasteiger partial charge in [-0.1, -0.05) is 141 Å². The van der Waals surface area contributed by atoms with Crippen LogP contribution in [0.4, 0.5) is 0 Å². The maximum atomic E-state index is 2.51. The predicted molar refractivity (Wildman–Crippen MR) is 167 cm³/mol. The van der Waals surface area contributed by atoms with Gasteiger partial charge in [-0.25, -0.2) is 0 Å². The summed E-state index contributed by atoms with van der Waals surface area (Å²) in [6.07, 6.45) is 0. The smallest absolute Gasteiger partial charge is 0.0159 e. The summed E-state index contributed by atoms with van der Waals surface area (Å²) in [7, 11) is 0. The van der Waals surface area contributed by atoms with Gasteiger partial charge in [-0.05, 0) is 82.9 Å². The third-order valence-corrected chi connectivity index (χ3v) is 8.85. The van der Waals surface area contributed by atoms with E-state index in [0.29, 0.717) is 0 Å². The molecule has 0 aromatic heterocycles. The Morgan fingerprint density at radius 2 is 0.821 bits per heavy atom. The minimum atomic E-state index is -0.0692. The number of fused-ring (bicyclic) bond motifs is 7. The molecule has 7 aromatic carbocycles. The van der Waals surface area contributed by atoms with Crippen LogP contribution in [0.5, 0.6) is 0 Å². The first-order valence-electron chi connectivity index (χ1n) is 13.8. The van der Waals surface area contributed by atoms with Crippen LogP contribution < -0.4 is 0 Å². The van der Waals surface area contributed by atoms with Crippen LogP contribution in [-0.2, 0) is 5.41 Å². The predicted octanol–water partition coefficient (Wildman–Crippen LogP) is 10.8. The first kappa shape index (κ1) is 22.3. The topological polar surface area (TPSA) is 0 Å². The minimum absolute atomic E-state index is 0.0692. The second kappa shape index (κ2) is 8.16. The highest BCUT2D eigenvalue weighted by Crippen LogP contribution is 2.54. The molecule has 0 atom stereocenters. The average Bonchev–Trinajstić information content (AvgIpc) is 3.22. The number of hydrogen-bond donors (Lipinski definition) is 0. The molecule has 0 nitrogen and oxygen atoms in total. The van der Waals surface area contributed by atoms with Crippen LogP contribution >= 0.6 is 0 Å². The molecule has 39 heavy (non-hydrogen) atoms. The quantitative estimate of drug-likeness (QED) is 0.209. The normalized spacial score (nSPS) is 13.6. The number of benzene rings is 7. The molecule has 7 aromatic rings. The zero-order valence-corrected chi connectivity index (χ0v) is 22.2. The Balaban J connectivity index is 1.57. The first-order valence-corrected chi connectivity index (χ1v) is 13.8. The molecule has 0 amide bonds. The van der Waals surface area contributed by atoms with Crippen molar-refractivity contribution in [2.45, 2.75) is 19.3 Å². The van der Waals surface area contributed by atoms with Crippen molar-refractivity contribution in [3.8, 4) is 33.4 Å². The van der Waals surface area contributed by atoms with Gasteiger partial charge in [0.2, 0.25) is 0 Å². The molecule has 0 radical (unpaired) electrons. The zero-order valence-electron chi connectivity index (χ0n) is 22.2. The maximum Gasteiger partial charge on any atom is 0.0159 e. The van der Waals surface area contributed by atoms with Gasteiger partial charge in [0.05, 0.1) is 0 Å². The summed E-state index contributed by atoms with van der Waals surface area (Å²) in [6, 6.07) is 49.3. The summed E-state index contributed by atoms with van der Waals surface area (Å²) in [4.78, 5) is 0. The lowest BCUT2D eigenvalue weighted by Crippen LogP contribution is -2.15. The summed E-state index contributed by atoms with van der Waals surface area (Å²) < 4.78 is 0. The first-order chi connectivity index (χ1) is 19.1. The second-order valence-electron chi connectivity index (χ2n) is 11.3. The van der Waals surface area contributed by atoms with Crippen molar-refractivity contribution in [3.05, 3.63) is 145 Å². The highest BCUT2D eigenvalue weighted by atomic mass is 14.4. The molecule has 0 aliphatic heterocycles. The van der Waals surface area contributed by atoms with Crippen LogP contribution in [-0.4, -0.2) is 0 Å². The fraction of sp³-hybridized carbons (Fsp3) is 0.0769. The molecule has 0 heterocycles. The van der Waals surface area contributed by atoms with Crippen molar-refractivity contribution in [2.24, 2.45) is 0 Å². The van der Waals surface area contributed by atoms with E-state index >= 15 is 0 Å². The summed E-state index contributed by atoms with van der Waals surface area (Å²) in [5, 5.41) is 7.84. The van der Waals surface area contributed by atoms with Crippen molar-refractivity contribution in [1.82, 2.24) is 0 Å². The van der Waals surface area contributed by atoms with Crippen molar-refractivity contribution >= 4 is 32.3 Å². The van der Waals surface area contributed by atoms with E-state index in [1.54, 1.807) is 0 Å². The second-order valence-corrected chi connectivity index (χ2v) is 11.3. The Bertz CT molecular complexity index is 2020. The van der Waals surface area contributed by atoms with Gasteiger partial charge in [-0.15, -0.1) is 0 Å². The highest BCUT2D eigenvalue weighted by Gasteiger charge is 2.37. The molecular weight excluding hydrogens is 468 g/mol. The maximum absolute atomic E-state index is 2.51. The largest absolute Gasteiger partial charge is 0.0622 e. The van der Waals surface area contributed by atoms with Crippen LogP contribution in [0, 0.1) is 0 Å². The summed E-state index contributed by atoms with van der Waals surface area (Å²) in [5.74, 6) is 0. The lowest BCUT2D eigenvalue weighted by molar-refractivity contribution is 0.661. The van der Waals surface area contributed by atoms with Crippen LogP contribution in [0.25, 0.3) is 65.7 Å². The highest BCUT2D eigenvalue weighted by molar-refractivity contribution is 6.24. The van der Waals surface area contributed by atoms with Crippen molar-refractivity contribution in [1.29, 1.82) is 0 Å². The Labute approximate surface area is 229 Å². The molecular formula is C39H28. The Morgan fingerprint density at radius 3 is 1.44 bits per heavy atom. The van der Waals surface area contributed by atoms with Gasteiger partial charge in [0.25, 0.3) is 0 Å². The van der Waals surface area contributed by atoms with E-state index in [9.17, 15) is 0 Å². The standard InChI is InChI=1S/C39H28/c1-39(2)34-23-13-12-22-32(34)38-27-17-7-6-16-26(27)33(24-35(38)39)37-30-20-10-8-18-28(30)36(25-14-4-3-5-15-25)29-19-9-11-21-31(29)37/h3-24H,1-2H3. The summed E-state index contributed by atoms with van der Waals surface area (Å²) >= 11 is 0. The van der Waals surface area contributed by atoms with E-state index < -0.39 is 0 Å². The molecule has 0 heteroatoms. The third-order valence-electron chi connectivity index (χ3n) is 8.85. The molecule has 0 unspecified atom stereocenters. The average molecular weight is 497 g/mol. The lowest BCUT2D eigenvalue weighted by atomic mass is 9.79. The van der Waals surface area contributed by atoms with E-state index in [4.69, 9.17) is 0 Å². The van der Waals surface area contributed by atoms with Crippen LogP contribution in [0.15, 0.2) is 133 Å². The Kier molecular flexibility index (Phi) is 4.67. The Hall–Kier alpha value is -4.68. The van der Waals surface area contributed by atoms with Crippen LogP contribution in [0.1, 0.15) is 25.0 Å². The van der Waals surface area contributed by atoms with Gasteiger partial charge < -0.3 is 0 Å². The summed E-state index contributed by atoms with van der Waals surface area (Å²) in [6.45, 7) is 4.76. The van der Waals surface area contributed by atoms with E-state index in [1.807, 2.05) is 0 Å². The lowest BCUT2D eigenvalue weighted by Gasteiger charge is -2.24. The van der Waals surface area contributed by atoms with Gasteiger partial charge in [0.1, 0.15) is 0 Å². The number of hydrogen-bond acceptors (Lipinski definition) is 0. The molecule has 0 N–H and O–H groups in total. The Morgan fingerprint density at radius 1 is 0.359 bits per heavy atom. The molecule has 0 spiro atoms. The summed E-state index contributed by atoms with van der Waals surface area (Å²) in [5.41, 5.74) is 10.7. The minimum Gasteiger partial charge on any atom is -0.0622 e. The zero-order chi connectivity index (χ0) is 26.1. The third kappa shape index (κ3) is 3.06. The van der Waals surface area contributed by atoms with E-state index in [2.05, 4.69) is 147 Å². The van der Waals surface area contributed by atoms with Crippen molar-refractivity contribution in [2.75, 3.05) is 0 Å². The molecule has 8 rings (SSSR count). The number of rotatable bonds is 2. The monoisotopic (exact) mass is 496 g/mol. The van der Waals surface area contributed by atoms with Crippen LogP contribution in [0.2, 0.25) is 0 Å². The molecule has 0 fully saturated rings. The van der Waals surface area contributed by atoms with Crippen LogP contribution in [0.3, 0.4) is 0 Å². The van der Waals surface area contributed by atoms with Gasteiger partial charge in [0.15, 0.2) is 0 Å². The molecule has 0 saturated carbocycles. The molecule has 184 valence electrons.